The monoisotopic (exact) mass is 542 g/mol. The topological polar surface area (TPSA) is 83.0 Å². The number of guanidine groups is 1. The lowest BCUT2D eigenvalue weighted by molar-refractivity contribution is -0.0496. The van der Waals surface area contributed by atoms with Crippen LogP contribution in [0.5, 0.6) is 0 Å². The smallest absolute Gasteiger partial charge is 0.378 e. The number of nitrogens with one attached hydrogen (secondary N) is 2. The lowest BCUT2D eigenvalue weighted by Crippen LogP contribution is -2.45. The number of hydrogen-bond donors (Lipinski definition) is 2. The summed E-state index contributed by atoms with van der Waals surface area (Å²) >= 11 is 0. The number of piperidine rings is 1. The first-order chi connectivity index (χ1) is 12.7. The van der Waals surface area contributed by atoms with E-state index in [0.29, 0.717) is 42.3 Å². The molecular weight excluding hydrogens is 512 g/mol. The minimum absolute atomic E-state index is 0. The summed E-state index contributed by atoms with van der Waals surface area (Å²) in [6.45, 7) is 4.43. The van der Waals surface area contributed by atoms with Gasteiger partial charge in [0.2, 0.25) is 0 Å². The summed E-state index contributed by atoms with van der Waals surface area (Å²) in [4.78, 5) is 4.50. The number of halogens is 4. The maximum atomic E-state index is 12.6. The zero-order chi connectivity index (χ0) is 19.9. The fourth-order valence-corrected chi connectivity index (χ4v) is 4.25. The molecule has 2 N–H and O–H groups in total. The molecule has 0 aliphatic carbocycles. The normalized spacial score (nSPS) is 22.7. The van der Waals surface area contributed by atoms with Crippen molar-refractivity contribution in [3.05, 3.63) is 0 Å². The Hall–Kier alpha value is -0.340. The minimum Gasteiger partial charge on any atom is -0.378 e. The summed E-state index contributed by atoms with van der Waals surface area (Å²) in [6, 6.07) is 0. The van der Waals surface area contributed by atoms with Crippen LogP contribution in [0.15, 0.2) is 4.99 Å². The van der Waals surface area contributed by atoms with Gasteiger partial charge in [-0.15, -0.1) is 24.0 Å². The van der Waals surface area contributed by atoms with Crippen LogP contribution in [-0.2, 0) is 14.8 Å². The average molecular weight is 542 g/mol. The summed E-state index contributed by atoms with van der Waals surface area (Å²) in [5, 5.41) is 6.39. The third-order valence-corrected chi connectivity index (χ3v) is 6.47. The Bertz CT molecular complexity index is 590. The Morgan fingerprint density at radius 3 is 2.43 bits per heavy atom. The van der Waals surface area contributed by atoms with Crippen LogP contribution in [0.25, 0.3) is 0 Å². The molecule has 1 unspecified atom stereocenters. The number of hydrogen-bond acceptors (Lipinski definition) is 4. The van der Waals surface area contributed by atoms with Crippen molar-refractivity contribution in [1.29, 1.82) is 0 Å². The Labute approximate surface area is 181 Å². The molecule has 0 saturated carbocycles. The van der Waals surface area contributed by atoms with Gasteiger partial charge in [0.15, 0.2) is 5.96 Å². The zero-order valence-corrected chi connectivity index (χ0v) is 19.1. The van der Waals surface area contributed by atoms with E-state index in [-0.39, 0.29) is 43.0 Å². The van der Waals surface area contributed by atoms with E-state index in [0.717, 1.165) is 32.4 Å². The quantitative estimate of drug-likeness (QED) is 0.293. The molecule has 0 radical (unpaired) electrons. The first-order valence-corrected chi connectivity index (χ1v) is 10.9. The summed E-state index contributed by atoms with van der Waals surface area (Å²) in [5.74, 6) is 0.735. The maximum Gasteiger partial charge on any atom is 0.511 e. The van der Waals surface area contributed by atoms with Gasteiger partial charge in [-0.2, -0.15) is 17.5 Å². The van der Waals surface area contributed by atoms with E-state index >= 15 is 0 Å². The third kappa shape index (κ3) is 7.48. The van der Waals surface area contributed by atoms with Crippen LogP contribution in [-0.4, -0.2) is 69.6 Å². The van der Waals surface area contributed by atoms with Gasteiger partial charge in [0.25, 0.3) is 0 Å². The Morgan fingerprint density at radius 1 is 1.21 bits per heavy atom. The van der Waals surface area contributed by atoms with E-state index in [1.807, 2.05) is 6.92 Å². The van der Waals surface area contributed by atoms with Gasteiger partial charge < -0.3 is 15.4 Å². The van der Waals surface area contributed by atoms with Crippen molar-refractivity contribution in [2.45, 2.75) is 50.6 Å². The van der Waals surface area contributed by atoms with E-state index in [2.05, 4.69) is 15.6 Å². The highest BCUT2D eigenvalue weighted by Crippen LogP contribution is 2.30. The molecule has 2 heterocycles. The van der Waals surface area contributed by atoms with Crippen molar-refractivity contribution in [3.63, 3.8) is 0 Å². The van der Waals surface area contributed by atoms with Gasteiger partial charge in [0, 0.05) is 39.3 Å². The van der Waals surface area contributed by atoms with Crippen molar-refractivity contribution in [1.82, 2.24) is 14.9 Å². The van der Waals surface area contributed by atoms with Crippen molar-refractivity contribution in [2.24, 2.45) is 10.9 Å². The highest BCUT2D eigenvalue weighted by atomic mass is 127. The fourth-order valence-electron chi connectivity index (χ4n) is 3.26. The molecule has 1 atom stereocenters. The van der Waals surface area contributed by atoms with E-state index < -0.39 is 15.5 Å². The second-order valence-corrected chi connectivity index (χ2v) is 8.79. The number of ether oxygens (including phenoxy) is 1. The lowest BCUT2D eigenvalue weighted by atomic mass is 9.98. The van der Waals surface area contributed by atoms with Crippen LogP contribution in [0.4, 0.5) is 13.2 Å². The van der Waals surface area contributed by atoms with Crippen LogP contribution >= 0.6 is 24.0 Å². The first-order valence-electron chi connectivity index (χ1n) is 9.44. The van der Waals surface area contributed by atoms with Crippen molar-refractivity contribution >= 4 is 40.0 Å². The summed E-state index contributed by atoms with van der Waals surface area (Å²) in [5.41, 5.74) is -5.23. The molecule has 0 amide bonds. The van der Waals surface area contributed by atoms with Crippen LogP contribution < -0.4 is 10.6 Å². The van der Waals surface area contributed by atoms with Crippen LogP contribution in [0.1, 0.15) is 39.0 Å². The van der Waals surface area contributed by atoms with E-state index in [9.17, 15) is 21.6 Å². The molecule has 0 bridgehead atoms. The molecule has 0 aromatic carbocycles. The van der Waals surface area contributed by atoms with E-state index in [1.54, 1.807) is 0 Å². The number of alkyl halides is 3. The molecule has 2 saturated heterocycles. The molecule has 0 spiro atoms. The summed E-state index contributed by atoms with van der Waals surface area (Å²) in [7, 11) is -5.22. The highest BCUT2D eigenvalue weighted by molar-refractivity contribution is 14.0. The predicted octanol–water partition coefficient (Wildman–Crippen LogP) is 2.29. The van der Waals surface area contributed by atoms with Crippen LogP contribution in [0.2, 0.25) is 0 Å². The SMILES string of the molecule is CCNC(=NCC1CCN(S(=O)(=O)C(F)(F)F)CC1)NCCC1CCCO1.I. The molecule has 7 nitrogen and oxygen atoms in total. The molecule has 2 aliphatic rings. The lowest BCUT2D eigenvalue weighted by Gasteiger charge is -2.30. The van der Waals surface area contributed by atoms with E-state index in [1.165, 1.54) is 0 Å². The molecule has 2 aliphatic heterocycles. The maximum absolute atomic E-state index is 12.6. The fraction of sp³-hybridized carbons (Fsp3) is 0.938. The molecular formula is C16H30F3IN4O3S. The van der Waals surface area contributed by atoms with Gasteiger partial charge in [-0.1, -0.05) is 0 Å². The molecule has 0 aromatic heterocycles. The van der Waals surface area contributed by atoms with Gasteiger partial charge in [-0.3, -0.25) is 4.99 Å². The molecule has 166 valence electrons. The molecule has 28 heavy (non-hydrogen) atoms. The largest absolute Gasteiger partial charge is 0.511 e. The molecule has 2 rings (SSSR count). The number of sulfonamides is 1. The number of aliphatic imine (C=N–C) groups is 1. The average Bonchev–Trinajstić information content (AvgIpc) is 3.12. The van der Waals surface area contributed by atoms with Crippen LogP contribution in [0, 0.1) is 5.92 Å². The van der Waals surface area contributed by atoms with Gasteiger partial charge in [-0.25, -0.2) is 8.42 Å². The van der Waals surface area contributed by atoms with Gasteiger partial charge >= 0.3 is 15.5 Å². The Balaban J connectivity index is 0.00000392. The Kier molecular flexibility index (Phi) is 10.8. The highest BCUT2D eigenvalue weighted by Gasteiger charge is 2.50. The number of nitrogens with zero attached hydrogens (tertiary/aromatic N) is 2. The number of rotatable bonds is 7. The summed E-state index contributed by atoms with van der Waals surface area (Å²) in [6.07, 6.45) is 4.11. The first kappa shape index (κ1) is 25.7. The molecule has 12 heteroatoms. The second kappa shape index (κ2) is 11.7. The third-order valence-electron chi connectivity index (χ3n) is 4.84. The standard InChI is InChI=1S/C16H29F3N4O3S.HI/c1-2-20-15(21-8-5-14-4-3-11-26-14)22-12-13-6-9-23(10-7-13)27(24,25)16(17,18)19;/h13-14H,2-12H2,1H3,(H2,20,21,22);1H. The zero-order valence-electron chi connectivity index (χ0n) is 16.0. The summed E-state index contributed by atoms with van der Waals surface area (Å²) < 4.78 is 66.8. The van der Waals surface area contributed by atoms with Crippen molar-refractivity contribution in [3.8, 4) is 0 Å². The van der Waals surface area contributed by atoms with Gasteiger partial charge in [0.1, 0.15) is 0 Å². The van der Waals surface area contributed by atoms with E-state index in [4.69, 9.17) is 4.74 Å². The Morgan fingerprint density at radius 2 is 1.89 bits per heavy atom. The molecule has 2 fully saturated rings. The van der Waals surface area contributed by atoms with Crippen molar-refractivity contribution in [2.75, 3.05) is 39.3 Å². The van der Waals surface area contributed by atoms with Crippen LogP contribution in [0.3, 0.4) is 0 Å². The van der Waals surface area contributed by atoms with Gasteiger partial charge in [-0.05, 0) is 44.9 Å². The predicted molar refractivity (Wildman–Crippen MR) is 112 cm³/mol. The van der Waals surface area contributed by atoms with Gasteiger partial charge in [0.05, 0.1) is 6.10 Å². The van der Waals surface area contributed by atoms with Crippen molar-refractivity contribution < 1.29 is 26.3 Å². The minimum atomic E-state index is -5.23. The molecule has 0 aromatic rings. The second-order valence-electron chi connectivity index (χ2n) is 6.86.